The molecule has 2 aromatic rings. The average molecular weight is 479 g/mol. The fourth-order valence-corrected chi connectivity index (χ4v) is 7.38. The number of piperidine rings is 1. The van der Waals surface area contributed by atoms with Crippen LogP contribution in [0.5, 0.6) is 11.5 Å². The van der Waals surface area contributed by atoms with E-state index < -0.39 is 0 Å². The average Bonchev–Trinajstić information content (AvgIpc) is 3.25. The topological polar surface area (TPSA) is 42.8 Å². The van der Waals surface area contributed by atoms with Crippen molar-refractivity contribution in [2.24, 2.45) is 17.3 Å². The maximum Gasteiger partial charge on any atom is 0.161 e. The molecule has 4 heterocycles. The Balaban J connectivity index is 1.03. The summed E-state index contributed by atoms with van der Waals surface area (Å²) >= 11 is 0. The molecule has 1 aliphatic carbocycles. The van der Waals surface area contributed by atoms with Crippen molar-refractivity contribution in [3.8, 4) is 22.8 Å². The first-order chi connectivity index (χ1) is 17.0. The number of hydrogen-bond acceptors (Lipinski definition) is 5. The lowest BCUT2D eigenvalue weighted by Crippen LogP contribution is -2.68. The van der Waals surface area contributed by atoms with Crippen LogP contribution in [0.25, 0.3) is 11.3 Å². The smallest absolute Gasteiger partial charge is 0.161 e. The molecule has 35 heavy (non-hydrogen) atoms. The molecule has 190 valence electrons. The summed E-state index contributed by atoms with van der Waals surface area (Å²) in [7, 11) is 3.36. The largest absolute Gasteiger partial charge is 0.493 e. The summed E-state index contributed by atoms with van der Waals surface area (Å²) in [6, 6.07) is 7.67. The minimum Gasteiger partial charge on any atom is -0.493 e. The van der Waals surface area contributed by atoms with Crippen molar-refractivity contribution in [3.63, 3.8) is 0 Å². The first-order valence-corrected chi connectivity index (χ1v) is 13.7. The minimum atomic E-state index is 0.679. The summed E-state index contributed by atoms with van der Waals surface area (Å²) in [5, 5.41) is 0. The van der Waals surface area contributed by atoms with Crippen LogP contribution in [0.15, 0.2) is 24.4 Å². The van der Waals surface area contributed by atoms with Crippen LogP contribution >= 0.6 is 0 Å². The number of imidazole rings is 1. The van der Waals surface area contributed by atoms with Crippen molar-refractivity contribution in [2.75, 3.05) is 40.4 Å². The predicted octanol–water partition coefficient (Wildman–Crippen LogP) is 4.71. The number of methoxy groups -OCH3 is 2. The number of rotatable bonds is 6. The summed E-state index contributed by atoms with van der Waals surface area (Å²) in [6.45, 7) is 11.1. The summed E-state index contributed by atoms with van der Waals surface area (Å²) in [6.07, 6.45) is 10.3. The Kier molecular flexibility index (Phi) is 6.08. The maximum atomic E-state index is 5.50. The fourth-order valence-electron chi connectivity index (χ4n) is 7.38. The highest BCUT2D eigenvalue weighted by Crippen LogP contribution is 2.51. The van der Waals surface area contributed by atoms with Crippen LogP contribution in [-0.2, 0) is 13.0 Å². The van der Waals surface area contributed by atoms with Gasteiger partial charge in [-0.15, -0.1) is 0 Å². The van der Waals surface area contributed by atoms with Crippen LogP contribution in [0.1, 0.15) is 51.8 Å². The molecule has 0 bridgehead atoms. The van der Waals surface area contributed by atoms with E-state index in [0.29, 0.717) is 5.41 Å². The SMILES string of the molecule is COc1ccc(-c2cn3c(n2)CCC(C2CCN(C4CC5(C4)CN(C(C)C)C5)CC2)C3)cc1OC. The number of aromatic nitrogens is 2. The van der Waals surface area contributed by atoms with Crippen LogP contribution < -0.4 is 9.47 Å². The van der Waals surface area contributed by atoms with Gasteiger partial charge in [0.1, 0.15) is 5.82 Å². The fraction of sp³-hybridized carbons (Fsp3) is 0.690. The molecule has 3 fully saturated rings. The van der Waals surface area contributed by atoms with Gasteiger partial charge in [-0.1, -0.05) is 0 Å². The van der Waals surface area contributed by atoms with E-state index in [1.807, 2.05) is 12.1 Å². The number of benzene rings is 1. The number of aryl methyl sites for hydroxylation is 1. The number of likely N-dealkylation sites (tertiary alicyclic amines) is 2. The van der Waals surface area contributed by atoms with Gasteiger partial charge < -0.3 is 18.9 Å². The Hall–Kier alpha value is -2.05. The number of fused-ring (bicyclic) bond motifs is 1. The summed E-state index contributed by atoms with van der Waals surface area (Å²) in [4.78, 5) is 10.5. The molecule has 1 aromatic carbocycles. The van der Waals surface area contributed by atoms with Gasteiger partial charge in [0.15, 0.2) is 11.5 Å². The minimum absolute atomic E-state index is 0.679. The molecule has 4 aliphatic rings. The van der Waals surface area contributed by atoms with Gasteiger partial charge in [-0.2, -0.15) is 0 Å². The maximum absolute atomic E-state index is 5.50. The van der Waals surface area contributed by atoms with Gasteiger partial charge >= 0.3 is 0 Å². The highest BCUT2D eigenvalue weighted by molar-refractivity contribution is 5.63. The second-order valence-corrected chi connectivity index (χ2v) is 12.0. The molecule has 1 unspecified atom stereocenters. The van der Waals surface area contributed by atoms with E-state index in [4.69, 9.17) is 14.5 Å². The highest BCUT2D eigenvalue weighted by Gasteiger charge is 2.54. The molecule has 1 saturated carbocycles. The Morgan fingerprint density at radius 1 is 0.971 bits per heavy atom. The number of hydrogen-bond donors (Lipinski definition) is 0. The van der Waals surface area contributed by atoms with Gasteiger partial charge in [-0.25, -0.2) is 4.98 Å². The van der Waals surface area contributed by atoms with Crippen LogP contribution in [0, 0.1) is 17.3 Å². The Labute approximate surface area is 210 Å². The van der Waals surface area contributed by atoms with E-state index in [0.717, 1.165) is 59.6 Å². The van der Waals surface area contributed by atoms with Gasteiger partial charge in [-0.05, 0) is 94.5 Å². The molecule has 6 rings (SSSR count). The van der Waals surface area contributed by atoms with Gasteiger partial charge in [0, 0.05) is 49.9 Å². The second kappa shape index (κ2) is 9.11. The third kappa shape index (κ3) is 4.27. The number of ether oxygens (including phenoxy) is 2. The molecular weight excluding hydrogens is 436 g/mol. The second-order valence-electron chi connectivity index (χ2n) is 12.0. The molecule has 3 aliphatic heterocycles. The zero-order valence-electron chi connectivity index (χ0n) is 22.0. The normalized spacial score (nSPS) is 25.3. The molecule has 0 radical (unpaired) electrons. The van der Waals surface area contributed by atoms with E-state index in [1.165, 1.54) is 64.1 Å². The lowest BCUT2D eigenvalue weighted by Gasteiger charge is -2.63. The standard InChI is InChI=1S/C29H42N4O2/c1-20(2)33-18-29(19-33)14-24(15-29)31-11-9-21(10-12-31)23-6-8-28-30-25(17-32(28)16-23)22-5-7-26(34-3)27(13-22)35-4/h5,7,13,17,20-21,23-24H,6,8-12,14-16,18-19H2,1-4H3. The van der Waals surface area contributed by atoms with Crippen molar-refractivity contribution in [1.29, 1.82) is 0 Å². The van der Waals surface area contributed by atoms with Crippen LogP contribution in [0.2, 0.25) is 0 Å². The summed E-state index contributed by atoms with van der Waals surface area (Å²) in [5.41, 5.74) is 2.82. The van der Waals surface area contributed by atoms with E-state index in [9.17, 15) is 0 Å². The third-order valence-electron chi connectivity index (χ3n) is 9.61. The van der Waals surface area contributed by atoms with Gasteiger partial charge in [0.05, 0.1) is 19.9 Å². The van der Waals surface area contributed by atoms with Crippen LogP contribution in [-0.4, -0.2) is 71.8 Å². The monoisotopic (exact) mass is 478 g/mol. The predicted molar refractivity (Wildman–Crippen MR) is 139 cm³/mol. The third-order valence-corrected chi connectivity index (χ3v) is 9.61. The van der Waals surface area contributed by atoms with E-state index in [-0.39, 0.29) is 0 Å². The molecule has 0 amide bonds. The summed E-state index contributed by atoms with van der Waals surface area (Å²) < 4.78 is 13.3. The Bertz CT molecular complexity index is 1040. The molecular formula is C29H42N4O2. The van der Waals surface area contributed by atoms with Crippen molar-refractivity contribution in [3.05, 3.63) is 30.2 Å². The molecule has 6 nitrogen and oxygen atoms in total. The van der Waals surface area contributed by atoms with Gasteiger partial charge in [0.25, 0.3) is 0 Å². The molecule has 1 atom stereocenters. The molecule has 6 heteroatoms. The Morgan fingerprint density at radius 3 is 2.40 bits per heavy atom. The van der Waals surface area contributed by atoms with E-state index >= 15 is 0 Å². The van der Waals surface area contributed by atoms with Gasteiger partial charge in [0.2, 0.25) is 0 Å². The van der Waals surface area contributed by atoms with Crippen molar-refractivity contribution >= 4 is 0 Å². The molecule has 1 aromatic heterocycles. The lowest BCUT2D eigenvalue weighted by molar-refractivity contribution is -0.125. The molecule has 1 spiro atoms. The van der Waals surface area contributed by atoms with Crippen LogP contribution in [0.3, 0.4) is 0 Å². The van der Waals surface area contributed by atoms with Crippen LogP contribution in [0.4, 0.5) is 0 Å². The summed E-state index contributed by atoms with van der Waals surface area (Å²) in [5.74, 6) is 4.40. The first kappa shape index (κ1) is 23.4. The lowest BCUT2D eigenvalue weighted by atomic mass is 9.59. The zero-order valence-corrected chi connectivity index (χ0v) is 22.0. The van der Waals surface area contributed by atoms with Crippen molar-refractivity contribution in [1.82, 2.24) is 19.4 Å². The van der Waals surface area contributed by atoms with Crippen molar-refractivity contribution < 1.29 is 9.47 Å². The Morgan fingerprint density at radius 2 is 1.71 bits per heavy atom. The van der Waals surface area contributed by atoms with Crippen molar-refractivity contribution in [2.45, 2.75) is 71.0 Å². The first-order valence-electron chi connectivity index (χ1n) is 13.7. The highest BCUT2D eigenvalue weighted by atomic mass is 16.5. The molecule has 0 N–H and O–H groups in total. The van der Waals surface area contributed by atoms with Gasteiger partial charge in [-0.3, -0.25) is 4.90 Å². The zero-order chi connectivity index (χ0) is 24.2. The quantitative estimate of drug-likeness (QED) is 0.601. The van der Waals surface area contributed by atoms with E-state index in [2.05, 4.69) is 40.5 Å². The molecule has 2 saturated heterocycles. The number of nitrogens with zero attached hydrogens (tertiary/aromatic N) is 4. The van der Waals surface area contributed by atoms with E-state index in [1.54, 1.807) is 14.2 Å².